The number of nitrogens with two attached hydrogens (primary N) is 1. The van der Waals surface area contributed by atoms with Gasteiger partial charge in [-0.3, -0.25) is 4.79 Å². The van der Waals surface area contributed by atoms with Crippen molar-refractivity contribution in [2.75, 3.05) is 26.2 Å². The SMILES string of the molecule is CCCCCCN1CC2(CCN(C(=O)[C@H](C)N)CC2)OC1=O. The normalized spacial score (nSPS) is 22.0. The molecule has 2 fully saturated rings. The average Bonchev–Trinajstić information content (AvgIpc) is 2.79. The van der Waals surface area contributed by atoms with E-state index in [2.05, 4.69) is 6.92 Å². The number of rotatable bonds is 6. The highest BCUT2D eigenvalue weighted by Crippen LogP contribution is 2.33. The van der Waals surface area contributed by atoms with E-state index in [1.165, 1.54) is 12.8 Å². The summed E-state index contributed by atoms with van der Waals surface area (Å²) in [4.78, 5) is 27.6. The molecule has 0 bridgehead atoms. The maximum Gasteiger partial charge on any atom is 0.410 e. The fraction of sp³-hybridized carbons (Fsp3) is 0.875. The number of likely N-dealkylation sites (tertiary alicyclic amines) is 1. The molecule has 2 saturated heterocycles. The Labute approximate surface area is 132 Å². The number of amides is 2. The molecule has 22 heavy (non-hydrogen) atoms. The molecule has 0 aromatic rings. The Morgan fingerprint density at radius 2 is 2.00 bits per heavy atom. The van der Waals surface area contributed by atoms with Gasteiger partial charge in [0.15, 0.2) is 0 Å². The van der Waals surface area contributed by atoms with Crippen molar-refractivity contribution in [1.82, 2.24) is 9.80 Å². The lowest BCUT2D eigenvalue weighted by atomic mass is 9.91. The lowest BCUT2D eigenvalue weighted by Crippen LogP contribution is -2.52. The van der Waals surface area contributed by atoms with E-state index in [-0.39, 0.29) is 12.0 Å². The van der Waals surface area contributed by atoms with Crippen molar-refractivity contribution in [3.63, 3.8) is 0 Å². The second-order valence-corrected chi connectivity index (χ2v) is 6.65. The van der Waals surface area contributed by atoms with E-state index in [4.69, 9.17) is 10.5 Å². The highest BCUT2D eigenvalue weighted by molar-refractivity contribution is 5.81. The molecule has 2 heterocycles. The molecule has 0 unspecified atom stereocenters. The summed E-state index contributed by atoms with van der Waals surface area (Å²) < 4.78 is 5.67. The van der Waals surface area contributed by atoms with Crippen molar-refractivity contribution < 1.29 is 14.3 Å². The van der Waals surface area contributed by atoms with E-state index >= 15 is 0 Å². The lowest BCUT2D eigenvalue weighted by Gasteiger charge is -2.38. The summed E-state index contributed by atoms with van der Waals surface area (Å²) in [5, 5.41) is 0. The first-order valence-corrected chi connectivity index (χ1v) is 8.50. The monoisotopic (exact) mass is 311 g/mol. The summed E-state index contributed by atoms with van der Waals surface area (Å²) in [6.45, 7) is 6.58. The van der Waals surface area contributed by atoms with Crippen molar-refractivity contribution in [2.45, 2.75) is 64.0 Å². The molecule has 126 valence electrons. The molecule has 0 radical (unpaired) electrons. The molecule has 0 aromatic carbocycles. The maximum absolute atomic E-state index is 12.0. The van der Waals surface area contributed by atoms with Crippen molar-refractivity contribution in [2.24, 2.45) is 5.73 Å². The van der Waals surface area contributed by atoms with Crippen LogP contribution in [0.2, 0.25) is 0 Å². The molecule has 0 aliphatic carbocycles. The molecule has 1 atom stereocenters. The molecule has 2 aliphatic heterocycles. The van der Waals surface area contributed by atoms with Crippen LogP contribution in [0.15, 0.2) is 0 Å². The molecule has 0 saturated carbocycles. The first-order chi connectivity index (χ1) is 10.5. The Balaban J connectivity index is 1.82. The van der Waals surface area contributed by atoms with E-state index in [0.29, 0.717) is 32.5 Å². The first-order valence-electron chi connectivity index (χ1n) is 8.50. The van der Waals surface area contributed by atoms with E-state index in [0.717, 1.165) is 19.4 Å². The molecular formula is C16H29N3O3. The topological polar surface area (TPSA) is 75.9 Å². The zero-order valence-electron chi connectivity index (χ0n) is 13.8. The lowest BCUT2D eigenvalue weighted by molar-refractivity contribution is -0.135. The van der Waals surface area contributed by atoms with Crippen molar-refractivity contribution in [1.29, 1.82) is 0 Å². The highest BCUT2D eigenvalue weighted by atomic mass is 16.6. The Morgan fingerprint density at radius 1 is 1.32 bits per heavy atom. The smallest absolute Gasteiger partial charge is 0.410 e. The maximum atomic E-state index is 12.0. The van der Waals surface area contributed by atoms with Gasteiger partial charge in [0.2, 0.25) is 5.91 Å². The quantitative estimate of drug-likeness (QED) is 0.758. The minimum Gasteiger partial charge on any atom is -0.441 e. The summed E-state index contributed by atoms with van der Waals surface area (Å²) in [5.74, 6) is -0.0180. The van der Waals surface area contributed by atoms with E-state index in [1.807, 2.05) is 4.90 Å². The highest BCUT2D eigenvalue weighted by Gasteiger charge is 2.47. The molecule has 2 rings (SSSR count). The van der Waals surface area contributed by atoms with E-state index in [1.54, 1.807) is 11.8 Å². The number of hydrogen-bond acceptors (Lipinski definition) is 4. The van der Waals surface area contributed by atoms with Gasteiger partial charge in [-0.1, -0.05) is 26.2 Å². The molecule has 6 nitrogen and oxygen atoms in total. The standard InChI is InChI=1S/C16H29N3O3/c1-3-4-5-6-9-19-12-16(22-15(19)21)7-10-18(11-8-16)14(20)13(2)17/h13H,3-12,17H2,1-2H3/t13-/m0/s1. The van der Waals surface area contributed by atoms with E-state index in [9.17, 15) is 9.59 Å². The van der Waals surface area contributed by atoms with E-state index < -0.39 is 11.6 Å². The second kappa shape index (κ2) is 7.31. The van der Waals surface area contributed by atoms with Gasteiger partial charge in [0.1, 0.15) is 5.60 Å². The number of ether oxygens (including phenoxy) is 1. The van der Waals surface area contributed by atoms with Crippen LogP contribution in [0.3, 0.4) is 0 Å². The summed E-state index contributed by atoms with van der Waals surface area (Å²) >= 11 is 0. The molecule has 0 aromatic heterocycles. The number of carbonyl (C=O) groups excluding carboxylic acids is 2. The van der Waals surface area contributed by atoms with Crippen LogP contribution in [0.4, 0.5) is 4.79 Å². The summed E-state index contributed by atoms with van der Waals surface area (Å²) in [5.41, 5.74) is 5.26. The first kappa shape index (κ1) is 17.1. The molecule has 2 aliphatic rings. The number of carbonyl (C=O) groups is 2. The largest absolute Gasteiger partial charge is 0.441 e. The zero-order chi connectivity index (χ0) is 16.2. The van der Waals surface area contributed by atoms with Gasteiger partial charge in [-0.05, 0) is 13.3 Å². The molecule has 6 heteroatoms. The number of piperidine rings is 1. The predicted octanol–water partition coefficient (Wildman–Crippen LogP) is 1.73. The summed E-state index contributed by atoms with van der Waals surface area (Å²) in [6.07, 6.45) is 5.83. The fourth-order valence-corrected chi connectivity index (χ4v) is 3.28. The van der Waals surface area contributed by atoms with Gasteiger partial charge < -0.3 is 20.3 Å². The molecule has 2 amide bonds. The minimum atomic E-state index is -0.463. The molecule has 1 spiro atoms. The van der Waals surface area contributed by atoms with Crippen LogP contribution in [0.1, 0.15) is 52.4 Å². The van der Waals surface area contributed by atoms with Gasteiger partial charge in [-0.15, -0.1) is 0 Å². The van der Waals surface area contributed by atoms with Gasteiger partial charge >= 0.3 is 6.09 Å². The van der Waals surface area contributed by atoms with Crippen molar-refractivity contribution >= 4 is 12.0 Å². The Morgan fingerprint density at radius 3 is 2.59 bits per heavy atom. The Bertz CT molecular complexity index is 403. The van der Waals surface area contributed by atoms with Crippen molar-refractivity contribution in [3.8, 4) is 0 Å². The average molecular weight is 311 g/mol. The van der Waals surface area contributed by atoms with Gasteiger partial charge in [0, 0.05) is 32.5 Å². The molecule has 2 N–H and O–H groups in total. The van der Waals surface area contributed by atoms with Crippen LogP contribution >= 0.6 is 0 Å². The summed E-state index contributed by atoms with van der Waals surface area (Å²) in [6, 6.07) is -0.463. The van der Waals surface area contributed by atoms with Crippen LogP contribution in [0.5, 0.6) is 0 Å². The number of unbranched alkanes of at least 4 members (excludes halogenated alkanes) is 3. The summed E-state index contributed by atoms with van der Waals surface area (Å²) in [7, 11) is 0. The van der Waals surface area contributed by atoms with Crippen molar-refractivity contribution in [3.05, 3.63) is 0 Å². The third-order valence-corrected chi connectivity index (χ3v) is 4.70. The zero-order valence-corrected chi connectivity index (χ0v) is 13.8. The van der Waals surface area contributed by atoms with Gasteiger partial charge in [-0.2, -0.15) is 0 Å². The van der Waals surface area contributed by atoms with Crippen LogP contribution in [0, 0.1) is 0 Å². The third-order valence-electron chi connectivity index (χ3n) is 4.70. The van der Waals surface area contributed by atoms with Crippen LogP contribution < -0.4 is 5.73 Å². The van der Waals surface area contributed by atoms with Gasteiger partial charge in [0.05, 0.1) is 12.6 Å². The van der Waals surface area contributed by atoms with Crippen LogP contribution in [-0.4, -0.2) is 59.6 Å². The Kier molecular flexibility index (Phi) is 5.67. The van der Waals surface area contributed by atoms with Crippen LogP contribution in [-0.2, 0) is 9.53 Å². The second-order valence-electron chi connectivity index (χ2n) is 6.65. The fourth-order valence-electron chi connectivity index (χ4n) is 3.28. The molecular weight excluding hydrogens is 282 g/mol. The predicted molar refractivity (Wildman–Crippen MR) is 84.4 cm³/mol. The van der Waals surface area contributed by atoms with Crippen LogP contribution in [0.25, 0.3) is 0 Å². The van der Waals surface area contributed by atoms with Gasteiger partial charge in [-0.25, -0.2) is 4.79 Å². The Hall–Kier alpha value is -1.30. The number of hydrogen-bond donors (Lipinski definition) is 1. The third kappa shape index (κ3) is 3.91. The van der Waals surface area contributed by atoms with Gasteiger partial charge in [0.25, 0.3) is 0 Å². The minimum absolute atomic E-state index is 0.0180. The number of nitrogens with zero attached hydrogens (tertiary/aromatic N) is 2.